The minimum Gasteiger partial charge on any atom is -0.478 e. The van der Waals surface area contributed by atoms with Gasteiger partial charge in [-0.15, -0.1) is 5.10 Å². The third-order valence-electron chi connectivity index (χ3n) is 4.10. The number of amides is 2. The van der Waals surface area contributed by atoms with Crippen LogP contribution in [0.1, 0.15) is 0 Å². The number of rotatable bonds is 4. The van der Waals surface area contributed by atoms with Crippen LogP contribution in [0.2, 0.25) is 0 Å². The summed E-state index contributed by atoms with van der Waals surface area (Å²) in [5.41, 5.74) is 0.169. The van der Waals surface area contributed by atoms with E-state index in [0.29, 0.717) is 0 Å². The molecule has 1 fully saturated rings. The first kappa shape index (κ1) is 20.3. The second-order valence-electron chi connectivity index (χ2n) is 6.07. The third-order valence-corrected chi connectivity index (χ3v) is 6.36. The number of carbonyl (C=O) groups excluding carboxylic acids is 1. The van der Waals surface area contributed by atoms with Crippen LogP contribution >= 0.6 is 0 Å². The van der Waals surface area contributed by atoms with E-state index in [1.807, 2.05) is 0 Å². The lowest BCUT2D eigenvalue weighted by Crippen LogP contribution is -2.43. The van der Waals surface area contributed by atoms with Crippen molar-refractivity contribution in [2.45, 2.75) is 11.4 Å². The molecule has 1 aromatic heterocycles. The van der Waals surface area contributed by atoms with Gasteiger partial charge in [-0.25, -0.2) is 17.5 Å². The normalized spacial score (nSPS) is 21.3. The lowest BCUT2D eigenvalue weighted by atomic mass is 10.1. The zero-order valence-electron chi connectivity index (χ0n) is 14.6. The van der Waals surface area contributed by atoms with Gasteiger partial charge in [0.25, 0.3) is 5.88 Å². The van der Waals surface area contributed by atoms with Crippen molar-refractivity contribution in [1.29, 1.82) is 0 Å². The first-order valence-electron chi connectivity index (χ1n) is 7.49. The van der Waals surface area contributed by atoms with Gasteiger partial charge in [0.05, 0.1) is 19.2 Å². The molecule has 2 heterocycles. The van der Waals surface area contributed by atoms with Crippen molar-refractivity contribution >= 4 is 21.7 Å². The molecule has 2 amide bonds. The molecule has 0 aliphatic carbocycles. The molecular weight excluding hydrogens is 379 g/mol. The van der Waals surface area contributed by atoms with Crippen molar-refractivity contribution in [3.63, 3.8) is 0 Å². The Kier molecular flexibility index (Phi) is 5.42. The van der Waals surface area contributed by atoms with E-state index in [-0.39, 0.29) is 11.6 Å². The molecule has 1 aliphatic rings. The summed E-state index contributed by atoms with van der Waals surface area (Å²) in [4.78, 5) is 13.2. The SMILES string of the molecule is COc1nn(C)cc1NC(=O)N1C[C@@H](C(F)(F)F)[C@H](S(=O)(=O)N(C)C)C1. The number of aryl methyl sites for hydroxylation is 1. The summed E-state index contributed by atoms with van der Waals surface area (Å²) in [6.07, 6.45) is -3.34. The van der Waals surface area contributed by atoms with Crippen molar-refractivity contribution in [3.05, 3.63) is 6.20 Å². The van der Waals surface area contributed by atoms with Gasteiger partial charge in [-0.1, -0.05) is 0 Å². The van der Waals surface area contributed by atoms with Gasteiger partial charge in [-0.2, -0.15) is 13.2 Å². The quantitative estimate of drug-likeness (QED) is 0.805. The van der Waals surface area contributed by atoms with E-state index in [0.717, 1.165) is 23.3 Å². The fraction of sp³-hybridized carbons (Fsp3) is 0.692. The number of ether oxygens (including phenoxy) is 1. The average Bonchev–Trinajstić information content (AvgIpc) is 3.10. The van der Waals surface area contributed by atoms with Crippen LogP contribution in [0.4, 0.5) is 23.7 Å². The van der Waals surface area contributed by atoms with Crippen LogP contribution in [0.3, 0.4) is 0 Å². The molecule has 0 saturated carbocycles. The van der Waals surface area contributed by atoms with Crippen LogP contribution < -0.4 is 10.1 Å². The zero-order valence-corrected chi connectivity index (χ0v) is 15.4. The average molecular weight is 399 g/mol. The maximum Gasteiger partial charge on any atom is 0.394 e. The standard InChI is InChI=1S/C13H20F3N5O4S/c1-19(2)26(23,24)10-7-21(5-8(10)13(14,15)16)12(22)17-9-6-20(3)18-11(9)25-4/h6,8,10H,5,7H2,1-4H3,(H,17,22)/t8-,10-/m1/s1. The smallest absolute Gasteiger partial charge is 0.394 e. The molecule has 9 nitrogen and oxygen atoms in total. The van der Waals surface area contributed by atoms with Crippen LogP contribution in [0, 0.1) is 5.92 Å². The fourth-order valence-corrected chi connectivity index (χ4v) is 4.29. The summed E-state index contributed by atoms with van der Waals surface area (Å²) in [7, 11) is 1.01. The molecule has 1 aliphatic heterocycles. The monoisotopic (exact) mass is 399 g/mol. The summed E-state index contributed by atoms with van der Waals surface area (Å²) in [5, 5.41) is 4.55. The Balaban J connectivity index is 2.24. The summed E-state index contributed by atoms with van der Waals surface area (Å²) < 4.78 is 71.5. The molecule has 2 rings (SSSR count). The van der Waals surface area contributed by atoms with Crippen molar-refractivity contribution in [1.82, 2.24) is 19.0 Å². The van der Waals surface area contributed by atoms with Crippen molar-refractivity contribution in [2.24, 2.45) is 13.0 Å². The van der Waals surface area contributed by atoms with E-state index >= 15 is 0 Å². The number of likely N-dealkylation sites (tertiary alicyclic amines) is 1. The Morgan fingerprint density at radius 3 is 2.50 bits per heavy atom. The number of urea groups is 1. The van der Waals surface area contributed by atoms with Gasteiger partial charge in [-0.05, 0) is 0 Å². The number of anilines is 1. The molecule has 13 heteroatoms. The molecule has 1 aromatic rings. The van der Waals surface area contributed by atoms with Crippen molar-refractivity contribution in [2.75, 3.05) is 39.6 Å². The van der Waals surface area contributed by atoms with Crippen LogP contribution in [-0.2, 0) is 17.1 Å². The molecule has 0 aromatic carbocycles. The maximum atomic E-state index is 13.3. The second kappa shape index (κ2) is 6.95. The number of aromatic nitrogens is 2. The molecule has 1 N–H and O–H groups in total. The van der Waals surface area contributed by atoms with E-state index in [4.69, 9.17) is 4.74 Å². The molecule has 26 heavy (non-hydrogen) atoms. The topological polar surface area (TPSA) is 96.8 Å². The number of sulfonamides is 1. The molecule has 2 atom stereocenters. The Morgan fingerprint density at radius 1 is 1.38 bits per heavy atom. The van der Waals surface area contributed by atoms with Crippen LogP contribution in [0.15, 0.2) is 6.20 Å². The lowest BCUT2D eigenvalue weighted by Gasteiger charge is -2.23. The highest BCUT2D eigenvalue weighted by molar-refractivity contribution is 7.89. The summed E-state index contributed by atoms with van der Waals surface area (Å²) in [5.74, 6) is -2.08. The van der Waals surface area contributed by atoms with Crippen molar-refractivity contribution < 1.29 is 31.1 Å². The van der Waals surface area contributed by atoms with Crippen molar-refractivity contribution in [3.8, 4) is 5.88 Å². The van der Waals surface area contributed by atoms with E-state index < -0.39 is 46.5 Å². The second-order valence-corrected chi connectivity index (χ2v) is 8.44. The highest BCUT2D eigenvalue weighted by Gasteiger charge is 2.56. The van der Waals surface area contributed by atoms with Gasteiger partial charge in [0.1, 0.15) is 10.9 Å². The highest BCUT2D eigenvalue weighted by Crippen LogP contribution is 2.38. The maximum absolute atomic E-state index is 13.3. The third kappa shape index (κ3) is 3.87. The number of halogens is 3. The molecule has 0 radical (unpaired) electrons. The van der Waals surface area contributed by atoms with Crippen LogP contribution in [-0.4, -0.2) is 79.2 Å². The Hall–Kier alpha value is -2.02. The van der Waals surface area contributed by atoms with Gasteiger partial charge in [-0.3, -0.25) is 4.68 Å². The first-order valence-corrected chi connectivity index (χ1v) is 8.99. The van der Waals surface area contributed by atoms with E-state index in [1.54, 1.807) is 7.05 Å². The molecule has 0 unspecified atom stereocenters. The zero-order chi connectivity index (χ0) is 19.9. The number of methoxy groups -OCH3 is 1. The van der Waals surface area contributed by atoms with Crippen LogP contribution in [0.25, 0.3) is 0 Å². The Morgan fingerprint density at radius 2 is 2.00 bits per heavy atom. The number of hydrogen-bond acceptors (Lipinski definition) is 5. The van der Waals surface area contributed by atoms with E-state index in [9.17, 15) is 26.4 Å². The number of carbonyl (C=O) groups is 1. The highest BCUT2D eigenvalue weighted by atomic mass is 32.2. The van der Waals surface area contributed by atoms with Crippen LogP contribution in [0.5, 0.6) is 5.88 Å². The largest absolute Gasteiger partial charge is 0.478 e. The number of hydrogen-bond donors (Lipinski definition) is 1. The summed E-state index contributed by atoms with van der Waals surface area (Å²) in [6.45, 7) is -1.32. The van der Waals surface area contributed by atoms with Gasteiger partial charge < -0.3 is 15.0 Å². The minimum atomic E-state index is -4.76. The fourth-order valence-electron chi connectivity index (χ4n) is 2.73. The van der Waals surface area contributed by atoms with Gasteiger partial charge in [0, 0.05) is 34.2 Å². The molecular formula is C13H20F3N5O4S. The number of nitrogens with zero attached hydrogens (tertiary/aromatic N) is 4. The number of alkyl halides is 3. The number of nitrogens with one attached hydrogen (secondary N) is 1. The minimum absolute atomic E-state index is 0.0879. The first-order chi connectivity index (χ1) is 11.9. The molecule has 0 spiro atoms. The van der Waals surface area contributed by atoms with E-state index in [1.165, 1.54) is 18.0 Å². The van der Waals surface area contributed by atoms with Gasteiger partial charge in [0.2, 0.25) is 10.0 Å². The Labute approximate surface area is 148 Å². The molecule has 1 saturated heterocycles. The predicted octanol–water partition coefficient (Wildman–Crippen LogP) is 0.715. The molecule has 0 bridgehead atoms. The predicted molar refractivity (Wildman–Crippen MR) is 86.3 cm³/mol. The molecule has 148 valence electrons. The van der Waals surface area contributed by atoms with Gasteiger partial charge >= 0.3 is 12.2 Å². The van der Waals surface area contributed by atoms with E-state index in [2.05, 4.69) is 10.4 Å². The summed E-state index contributed by atoms with van der Waals surface area (Å²) in [6, 6.07) is -0.859. The summed E-state index contributed by atoms with van der Waals surface area (Å²) >= 11 is 0. The van der Waals surface area contributed by atoms with Gasteiger partial charge in [0.15, 0.2) is 0 Å². The Bertz CT molecular complexity index is 777. The lowest BCUT2D eigenvalue weighted by molar-refractivity contribution is -0.169.